The molecule has 1 aromatic heterocycles. The standard InChI is InChI=1S/C13H9Cl2F3N2O/c14-10-4-9(2-1-7(10)5-19)21-12-11(15)3-8(6-20-12)13(16,17)18/h1-4,6H,5,19H2. The Bertz CT molecular complexity index is 662. The molecule has 2 rings (SSSR count). The lowest BCUT2D eigenvalue weighted by atomic mass is 10.2. The fraction of sp³-hybridized carbons (Fsp3) is 0.154. The molecule has 0 aliphatic rings. The fourth-order valence-electron chi connectivity index (χ4n) is 1.52. The van der Waals surface area contributed by atoms with Gasteiger partial charge in [-0.05, 0) is 23.8 Å². The average molecular weight is 337 g/mol. The Morgan fingerprint density at radius 2 is 1.86 bits per heavy atom. The van der Waals surface area contributed by atoms with Crippen molar-refractivity contribution >= 4 is 23.2 Å². The lowest BCUT2D eigenvalue weighted by molar-refractivity contribution is -0.137. The van der Waals surface area contributed by atoms with Crippen LogP contribution in [-0.2, 0) is 12.7 Å². The van der Waals surface area contributed by atoms with Gasteiger partial charge >= 0.3 is 6.18 Å². The van der Waals surface area contributed by atoms with Crippen LogP contribution in [0.2, 0.25) is 10.0 Å². The van der Waals surface area contributed by atoms with Crippen molar-refractivity contribution in [3.05, 3.63) is 51.6 Å². The Kier molecular flexibility index (Phi) is 4.61. The molecule has 0 aliphatic carbocycles. The number of aromatic nitrogens is 1. The Hall–Kier alpha value is -1.50. The van der Waals surface area contributed by atoms with Gasteiger partial charge in [0.05, 0.1) is 5.56 Å². The third-order valence-corrected chi connectivity index (χ3v) is 3.22. The summed E-state index contributed by atoms with van der Waals surface area (Å²) in [6.45, 7) is 0.262. The molecule has 21 heavy (non-hydrogen) atoms. The molecule has 0 amide bonds. The summed E-state index contributed by atoms with van der Waals surface area (Å²) in [5, 5.41) is 0.141. The van der Waals surface area contributed by atoms with Crippen LogP contribution in [0.5, 0.6) is 11.6 Å². The van der Waals surface area contributed by atoms with Crippen molar-refractivity contribution in [1.82, 2.24) is 4.98 Å². The van der Waals surface area contributed by atoms with Crippen LogP contribution in [0.1, 0.15) is 11.1 Å². The van der Waals surface area contributed by atoms with Crippen LogP contribution in [0.3, 0.4) is 0 Å². The normalized spacial score (nSPS) is 11.5. The number of alkyl halides is 3. The summed E-state index contributed by atoms with van der Waals surface area (Å²) in [7, 11) is 0. The minimum atomic E-state index is -4.51. The molecule has 0 saturated carbocycles. The maximum Gasteiger partial charge on any atom is 0.417 e. The summed E-state index contributed by atoms with van der Waals surface area (Å²) in [6.07, 6.45) is -3.86. The lowest BCUT2D eigenvalue weighted by Gasteiger charge is -2.11. The first-order valence-corrected chi connectivity index (χ1v) is 6.46. The predicted molar refractivity (Wildman–Crippen MR) is 73.7 cm³/mol. The lowest BCUT2D eigenvalue weighted by Crippen LogP contribution is -2.05. The van der Waals surface area contributed by atoms with Gasteiger partial charge in [0.25, 0.3) is 0 Å². The zero-order valence-electron chi connectivity index (χ0n) is 10.4. The van der Waals surface area contributed by atoms with Crippen molar-refractivity contribution in [1.29, 1.82) is 0 Å². The number of nitrogens with zero attached hydrogens (tertiary/aromatic N) is 1. The van der Waals surface area contributed by atoms with Crippen LogP contribution in [0.4, 0.5) is 13.2 Å². The molecule has 3 nitrogen and oxygen atoms in total. The second-order valence-corrected chi connectivity index (χ2v) is 4.88. The molecule has 2 aromatic rings. The summed E-state index contributed by atoms with van der Waals surface area (Å²) in [4.78, 5) is 3.57. The van der Waals surface area contributed by atoms with Gasteiger partial charge in [0.2, 0.25) is 5.88 Å². The monoisotopic (exact) mass is 336 g/mol. The van der Waals surface area contributed by atoms with Crippen LogP contribution in [0.15, 0.2) is 30.5 Å². The van der Waals surface area contributed by atoms with Gasteiger partial charge in [0, 0.05) is 17.8 Å². The summed E-state index contributed by atoms with van der Waals surface area (Å²) in [5.41, 5.74) is 5.24. The SMILES string of the molecule is NCc1ccc(Oc2ncc(C(F)(F)F)cc2Cl)cc1Cl. The zero-order chi connectivity index (χ0) is 15.6. The molecule has 1 aromatic carbocycles. The van der Waals surface area contributed by atoms with Crippen molar-refractivity contribution in [3.63, 3.8) is 0 Å². The maximum atomic E-state index is 12.5. The van der Waals surface area contributed by atoms with E-state index in [9.17, 15) is 13.2 Å². The predicted octanol–water partition coefficient (Wildman–Crippen LogP) is 4.66. The van der Waals surface area contributed by atoms with Gasteiger partial charge in [-0.3, -0.25) is 0 Å². The van der Waals surface area contributed by atoms with Gasteiger partial charge in [-0.1, -0.05) is 29.3 Å². The molecule has 0 spiro atoms. The first-order chi connectivity index (χ1) is 9.81. The number of benzene rings is 1. The Balaban J connectivity index is 2.26. The molecule has 0 saturated heterocycles. The molecule has 8 heteroatoms. The average Bonchev–Trinajstić information content (AvgIpc) is 2.40. The van der Waals surface area contributed by atoms with Gasteiger partial charge in [-0.25, -0.2) is 4.98 Å². The highest BCUT2D eigenvalue weighted by atomic mass is 35.5. The van der Waals surface area contributed by atoms with E-state index < -0.39 is 11.7 Å². The molecule has 0 bridgehead atoms. The number of rotatable bonds is 3. The molecule has 1 heterocycles. The van der Waals surface area contributed by atoms with Crippen molar-refractivity contribution in [2.75, 3.05) is 0 Å². The Morgan fingerprint density at radius 3 is 2.38 bits per heavy atom. The highest BCUT2D eigenvalue weighted by Crippen LogP contribution is 2.35. The maximum absolute atomic E-state index is 12.5. The Labute approximate surface area is 128 Å². The van der Waals surface area contributed by atoms with Gasteiger partial charge < -0.3 is 10.5 Å². The van der Waals surface area contributed by atoms with Gasteiger partial charge in [0.1, 0.15) is 10.8 Å². The van der Waals surface area contributed by atoms with Crippen molar-refractivity contribution < 1.29 is 17.9 Å². The second-order valence-electron chi connectivity index (χ2n) is 4.07. The number of hydrogen-bond donors (Lipinski definition) is 1. The topological polar surface area (TPSA) is 48.1 Å². The highest BCUT2D eigenvalue weighted by Gasteiger charge is 2.31. The number of hydrogen-bond acceptors (Lipinski definition) is 3. The van der Waals surface area contributed by atoms with Crippen LogP contribution in [0, 0.1) is 0 Å². The van der Waals surface area contributed by atoms with Gasteiger partial charge in [-0.2, -0.15) is 13.2 Å². The van der Waals surface area contributed by atoms with E-state index in [1.165, 1.54) is 6.07 Å². The van der Waals surface area contributed by atoms with E-state index in [4.69, 9.17) is 33.7 Å². The van der Waals surface area contributed by atoms with E-state index in [-0.39, 0.29) is 17.4 Å². The Morgan fingerprint density at radius 1 is 1.14 bits per heavy atom. The zero-order valence-corrected chi connectivity index (χ0v) is 11.9. The molecular weight excluding hydrogens is 328 g/mol. The number of pyridine rings is 1. The fourth-order valence-corrected chi connectivity index (χ4v) is 1.98. The molecule has 0 fully saturated rings. The van der Waals surface area contributed by atoms with E-state index in [2.05, 4.69) is 4.98 Å². The summed E-state index contributed by atoms with van der Waals surface area (Å²) in [6, 6.07) is 5.46. The van der Waals surface area contributed by atoms with Crippen LogP contribution in [-0.4, -0.2) is 4.98 Å². The van der Waals surface area contributed by atoms with Gasteiger partial charge in [-0.15, -0.1) is 0 Å². The van der Waals surface area contributed by atoms with E-state index in [1.807, 2.05) is 0 Å². The number of nitrogens with two attached hydrogens (primary N) is 1. The molecule has 0 radical (unpaired) electrons. The van der Waals surface area contributed by atoms with Crippen molar-refractivity contribution in [2.45, 2.75) is 12.7 Å². The van der Waals surface area contributed by atoms with Gasteiger partial charge in [0.15, 0.2) is 0 Å². The smallest absolute Gasteiger partial charge is 0.417 e. The summed E-state index contributed by atoms with van der Waals surface area (Å²) >= 11 is 11.7. The molecular formula is C13H9Cl2F3N2O. The van der Waals surface area contributed by atoms with E-state index in [0.717, 1.165) is 11.6 Å². The van der Waals surface area contributed by atoms with Crippen molar-refractivity contribution in [3.8, 4) is 11.6 Å². The first-order valence-electron chi connectivity index (χ1n) is 5.70. The van der Waals surface area contributed by atoms with Crippen LogP contribution >= 0.6 is 23.2 Å². The van der Waals surface area contributed by atoms with E-state index in [0.29, 0.717) is 17.0 Å². The number of halogens is 5. The first kappa shape index (κ1) is 15.9. The summed E-state index contributed by atoms with van der Waals surface area (Å²) in [5.74, 6) is 0.160. The van der Waals surface area contributed by atoms with Crippen molar-refractivity contribution in [2.24, 2.45) is 5.73 Å². The highest BCUT2D eigenvalue weighted by molar-refractivity contribution is 6.32. The molecule has 112 valence electrons. The minimum Gasteiger partial charge on any atom is -0.437 e. The number of ether oxygens (including phenoxy) is 1. The largest absolute Gasteiger partial charge is 0.437 e. The third kappa shape index (κ3) is 3.78. The molecule has 0 unspecified atom stereocenters. The molecule has 0 aliphatic heterocycles. The van der Waals surface area contributed by atoms with E-state index >= 15 is 0 Å². The molecule has 0 atom stereocenters. The minimum absolute atomic E-state index is 0.138. The van der Waals surface area contributed by atoms with Crippen LogP contribution in [0.25, 0.3) is 0 Å². The summed E-state index contributed by atoms with van der Waals surface area (Å²) < 4.78 is 42.8. The quantitative estimate of drug-likeness (QED) is 0.886. The van der Waals surface area contributed by atoms with E-state index in [1.54, 1.807) is 12.1 Å². The molecule has 2 N–H and O–H groups in total. The van der Waals surface area contributed by atoms with Crippen LogP contribution < -0.4 is 10.5 Å². The second kappa shape index (κ2) is 6.09. The third-order valence-electron chi connectivity index (χ3n) is 2.59.